The van der Waals surface area contributed by atoms with Gasteiger partial charge in [-0.1, -0.05) is 30.3 Å². The van der Waals surface area contributed by atoms with Crippen LogP contribution in [0.2, 0.25) is 0 Å². The lowest BCUT2D eigenvalue weighted by Gasteiger charge is -2.32. The van der Waals surface area contributed by atoms with Crippen molar-refractivity contribution in [3.8, 4) is 0 Å². The maximum Gasteiger partial charge on any atom is 0.351 e. The monoisotopic (exact) mass is 750 g/mol. The van der Waals surface area contributed by atoms with E-state index >= 15 is 0 Å². The fourth-order valence-electron chi connectivity index (χ4n) is 4.82. The highest BCUT2D eigenvalue weighted by Gasteiger charge is 2.36. The second kappa shape index (κ2) is 20.3. The minimum atomic E-state index is -1.53. The molecule has 1 aromatic carbocycles. The van der Waals surface area contributed by atoms with Crippen molar-refractivity contribution in [2.75, 3.05) is 5.75 Å². The molecule has 2 rings (SSSR count). The van der Waals surface area contributed by atoms with Gasteiger partial charge >= 0.3 is 23.9 Å². The van der Waals surface area contributed by atoms with E-state index in [-0.39, 0.29) is 42.7 Å². The first kappa shape index (κ1) is 42.5. The molecule has 0 saturated heterocycles. The van der Waals surface area contributed by atoms with Gasteiger partial charge in [0.05, 0.1) is 6.42 Å². The van der Waals surface area contributed by atoms with Crippen LogP contribution < -0.4 is 31.9 Å². The molecule has 1 aromatic rings. The van der Waals surface area contributed by atoms with E-state index in [0.29, 0.717) is 5.56 Å². The first-order valence-electron chi connectivity index (χ1n) is 15.9. The molecular weight excluding hydrogens is 708 g/mol. The lowest BCUT2D eigenvalue weighted by Crippen LogP contribution is -2.55. The summed E-state index contributed by atoms with van der Waals surface area (Å²) in [5.74, 6) is -9.49. The summed E-state index contributed by atoms with van der Waals surface area (Å²) in [6.07, 6.45) is -1.31. The van der Waals surface area contributed by atoms with E-state index in [2.05, 4.69) is 31.9 Å². The van der Waals surface area contributed by atoms with Crippen LogP contribution in [0.4, 0.5) is 0 Å². The number of rotatable bonds is 20. The van der Waals surface area contributed by atoms with Crippen molar-refractivity contribution in [1.29, 1.82) is 0 Å². The molecule has 0 aliphatic carbocycles. The van der Waals surface area contributed by atoms with E-state index in [1.165, 1.54) is 13.8 Å². The number of hydrogen-bond donors (Lipinski definition) is 10. The second-order valence-electron chi connectivity index (χ2n) is 11.8. The van der Waals surface area contributed by atoms with Crippen LogP contribution in [0.1, 0.15) is 52.0 Å². The largest absolute Gasteiger partial charge is 0.480 e. The molecule has 0 saturated carbocycles. The van der Waals surface area contributed by atoms with Gasteiger partial charge in [0.15, 0.2) is 6.04 Å². The Morgan fingerprint density at radius 2 is 1.38 bits per heavy atom. The van der Waals surface area contributed by atoms with Crippen LogP contribution in [0.25, 0.3) is 0 Å². The first-order valence-corrected chi connectivity index (χ1v) is 17.0. The molecule has 20 heteroatoms. The van der Waals surface area contributed by atoms with Crippen LogP contribution in [0, 0.1) is 0 Å². The molecule has 0 radical (unpaired) electrons. The Kier molecular flexibility index (Phi) is 16.6. The molecule has 0 spiro atoms. The Hall–Kier alpha value is -5.66. The molecule has 1 aliphatic rings. The van der Waals surface area contributed by atoms with Gasteiger partial charge < -0.3 is 52.3 Å². The molecule has 10 N–H and O–H groups in total. The van der Waals surface area contributed by atoms with Crippen LogP contribution in [-0.4, -0.2) is 115 Å². The zero-order valence-electron chi connectivity index (χ0n) is 28.5. The van der Waals surface area contributed by atoms with E-state index in [1.54, 1.807) is 30.3 Å². The van der Waals surface area contributed by atoms with Gasteiger partial charge in [0.1, 0.15) is 35.2 Å². The fourth-order valence-corrected chi connectivity index (χ4v) is 6.07. The zero-order chi connectivity index (χ0) is 39.1. The number of carbonyl (C=O) groups excluding carboxylic acids is 5. The van der Waals surface area contributed by atoms with Gasteiger partial charge in [0.2, 0.25) is 29.5 Å². The van der Waals surface area contributed by atoms with Crippen molar-refractivity contribution in [3.63, 3.8) is 0 Å². The molecule has 19 nitrogen and oxygen atoms in total. The van der Waals surface area contributed by atoms with Crippen LogP contribution in [-0.2, 0) is 49.6 Å². The first-order chi connectivity index (χ1) is 24.4. The van der Waals surface area contributed by atoms with Crippen LogP contribution in [0.5, 0.6) is 0 Å². The predicted octanol–water partition coefficient (Wildman–Crippen LogP) is -1.47. The Morgan fingerprint density at radius 1 is 0.750 bits per heavy atom. The average molecular weight is 751 g/mol. The van der Waals surface area contributed by atoms with Crippen molar-refractivity contribution >= 4 is 65.2 Å². The average Bonchev–Trinajstić information content (AvgIpc) is 3.07. The van der Waals surface area contributed by atoms with E-state index in [0.717, 1.165) is 18.7 Å². The molecule has 0 fully saturated rings. The van der Waals surface area contributed by atoms with Crippen LogP contribution >= 0.6 is 11.8 Å². The number of amides is 5. The number of nitrogens with one attached hydrogen (secondary N) is 6. The maximum absolute atomic E-state index is 13.3. The number of aliphatic carboxylic acids is 4. The van der Waals surface area contributed by atoms with Gasteiger partial charge in [-0.2, -0.15) is 0 Å². The van der Waals surface area contributed by atoms with Gasteiger partial charge in [0.25, 0.3) is 0 Å². The van der Waals surface area contributed by atoms with Crippen molar-refractivity contribution in [2.45, 2.75) is 88.5 Å². The van der Waals surface area contributed by atoms with Gasteiger partial charge in [-0.3, -0.25) is 28.8 Å². The predicted molar refractivity (Wildman–Crippen MR) is 182 cm³/mol. The van der Waals surface area contributed by atoms with Gasteiger partial charge in [-0.25, -0.2) is 14.4 Å². The molecule has 0 aromatic heterocycles. The molecule has 0 unspecified atom stereocenters. The molecule has 5 amide bonds. The minimum Gasteiger partial charge on any atom is -0.480 e. The Labute approximate surface area is 301 Å². The van der Waals surface area contributed by atoms with Gasteiger partial charge in [0, 0.05) is 19.1 Å². The summed E-state index contributed by atoms with van der Waals surface area (Å²) in [6, 6.07) is 1.62. The Morgan fingerprint density at radius 3 is 1.94 bits per heavy atom. The smallest absolute Gasteiger partial charge is 0.351 e. The van der Waals surface area contributed by atoms with Crippen molar-refractivity contribution in [1.82, 2.24) is 31.9 Å². The molecule has 284 valence electrons. The van der Waals surface area contributed by atoms with Crippen LogP contribution in [0.3, 0.4) is 0 Å². The minimum absolute atomic E-state index is 0.0528. The summed E-state index contributed by atoms with van der Waals surface area (Å²) in [6.45, 7) is 3.56. The van der Waals surface area contributed by atoms with E-state index < -0.39 is 95.4 Å². The number of carbonyl (C=O) groups is 9. The summed E-state index contributed by atoms with van der Waals surface area (Å²) < 4.78 is 0. The summed E-state index contributed by atoms with van der Waals surface area (Å²) in [5.41, 5.74) is 0.470. The molecule has 6 atom stereocenters. The van der Waals surface area contributed by atoms with Crippen LogP contribution in [0.15, 0.2) is 41.6 Å². The summed E-state index contributed by atoms with van der Waals surface area (Å²) in [7, 11) is 0. The normalized spacial score (nSPS) is 16.7. The maximum atomic E-state index is 13.3. The van der Waals surface area contributed by atoms with E-state index in [1.807, 2.05) is 0 Å². The second-order valence-corrected chi connectivity index (χ2v) is 12.9. The van der Waals surface area contributed by atoms with Gasteiger partial charge in [-0.15, -0.1) is 11.8 Å². The van der Waals surface area contributed by atoms with E-state index in [9.17, 15) is 58.5 Å². The number of hydrogen-bond acceptors (Lipinski definition) is 11. The molecule has 1 aliphatic heterocycles. The highest BCUT2D eigenvalue weighted by Crippen LogP contribution is 2.28. The number of benzene rings is 1. The Balaban J connectivity index is 2.24. The standard InChI is InChI=1S/C32H42N6O13S/c1-15(26(42)34-16(2)29(44)45)33-27(43)20(36-22(40)12-11-21(30(46)47)35-17(3)39)10-9-19-14-52-28(38-24(19)31(48)49)25(32(50)51)37-23(41)13-18-7-5-4-6-8-18/h4-8,15-16,20-21,25,28,38H,9-14H2,1-3H3,(H,33,43)(H,34,42)(H,35,39)(H,36,40)(H,37,41)(H,44,45)(H,46,47)(H,48,49)(H,50,51)/t15-,16-,20-,21-,25-,28+/m1/s1. The molecule has 52 heavy (non-hydrogen) atoms. The number of carboxylic acids is 4. The molecule has 0 bridgehead atoms. The summed E-state index contributed by atoms with van der Waals surface area (Å²) in [5, 5.41) is 51.4. The lowest BCUT2D eigenvalue weighted by molar-refractivity contribution is -0.142. The van der Waals surface area contributed by atoms with Gasteiger partial charge in [-0.05, 0) is 44.2 Å². The summed E-state index contributed by atoms with van der Waals surface area (Å²) >= 11 is 0.986. The van der Waals surface area contributed by atoms with E-state index in [4.69, 9.17) is 5.11 Å². The van der Waals surface area contributed by atoms with Crippen molar-refractivity contribution in [3.05, 3.63) is 47.2 Å². The zero-order valence-corrected chi connectivity index (χ0v) is 29.3. The Bertz CT molecular complexity index is 1570. The quantitative estimate of drug-likeness (QED) is 0.0728. The third kappa shape index (κ3) is 13.9. The molecule has 1 heterocycles. The third-order valence-corrected chi connectivity index (χ3v) is 8.85. The topological polar surface area (TPSA) is 307 Å². The fraction of sp³-hybridized carbons (Fsp3) is 0.469. The SMILES string of the molecule is CC(=O)N[C@H](CCC(=O)N[C@H](CCC1=C(C(=O)O)N[C@H]([C@@H](NC(=O)Cc2ccccc2)C(=O)O)SC1)C(=O)N[C@H](C)C(=O)N[C@H](C)C(=O)O)C(=O)O. The van der Waals surface area contributed by atoms with Crippen molar-refractivity contribution in [2.24, 2.45) is 0 Å². The number of thioether (sulfide) groups is 1. The third-order valence-electron chi connectivity index (χ3n) is 7.59. The molecular formula is C32H42N6O13S. The van der Waals surface area contributed by atoms with Crippen molar-refractivity contribution < 1.29 is 63.6 Å². The highest BCUT2D eigenvalue weighted by atomic mass is 32.2. The highest BCUT2D eigenvalue weighted by molar-refractivity contribution is 8.00. The summed E-state index contributed by atoms with van der Waals surface area (Å²) in [4.78, 5) is 110. The lowest BCUT2D eigenvalue weighted by atomic mass is 10.0. The number of carboxylic acid groups (broad SMARTS) is 4.